The molecule has 1 aromatic carbocycles. The number of hydrogen-bond acceptors (Lipinski definition) is 2. The molecule has 0 aliphatic heterocycles. The summed E-state index contributed by atoms with van der Waals surface area (Å²) in [5.41, 5.74) is 1.71. The van der Waals surface area contributed by atoms with Crippen LogP contribution in [0, 0.1) is 5.82 Å². The number of sulfonamides is 1. The highest BCUT2D eigenvalue weighted by Crippen LogP contribution is 2.19. The van der Waals surface area contributed by atoms with E-state index in [9.17, 15) is 12.8 Å². The minimum absolute atomic E-state index is 0.145. The number of H-pyrrole nitrogens is 1. The molecule has 0 unspecified atom stereocenters. The van der Waals surface area contributed by atoms with Crippen LogP contribution in [0.15, 0.2) is 24.4 Å². The highest BCUT2D eigenvalue weighted by molar-refractivity contribution is 7.89. The maximum absolute atomic E-state index is 13.0. The summed E-state index contributed by atoms with van der Waals surface area (Å²) >= 11 is 0. The van der Waals surface area contributed by atoms with Gasteiger partial charge in [0.15, 0.2) is 0 Å². The number of aromatic amines is 1. The lowest BCUT2D eigenvalue weighted by Gasteiger charge is -2.04. The Labute approximate surface area is 112 Å². The Bertz CT molecular complexity index is 664. The van der Waals surface area contributed by atoms with Gasteiger partial charge in [0.25, 0.3) is 0 Å². The maximum Gasteiger partial charge on any atom is 0.211 e. The molecule has 104 valence electrons. The fourth-order valence-electron chi connectivity index (χ4n) is 2.05. The van der Waals surface area contributed by atoms with Crippen LogP contribution >= 0.6 is 0 Å². The molecule has 1 heterocycles. The van der Waals surface area contributed by atoms with E-state index in [1.54, 1.807) is 12.3 Å². The van der Waals surface area contributed by atoms with Crippen LogP contribution in [0.25, 0.3) is 10.9 Å². The summed E-state index contributed by atoms with van der Waals surface area (Å²) in [5, 5.41) is 0.927. The van der Waals surface area contributed by atoms with Gasteiger partial charge in [0.2, 0.25) is 10.0 Å². The van der Waals surface area contributed by atoms with Crippen molar-refractivity contribution >= 4 is 20.9 Å². The van der Waals surface area contributed by atoms with Crippen LogP contribution in [0.2, 0.25) is 0 Å². The summed E-state index contributed by atoms with van der Waals surface area (Å²) in [6.07, 6.45) is 2.97. The Morgan fingerprint density at radius 3 is 2.89 bits per heavy atom. The van der Waals surface area contributed by atoms with Gasteiger partial charge >= 0.3 is 0 Å². The molecule has 0 saturated heterocycles. The molecule has 2 N–H and O–H groups in total. The molecule has 4 nitrogen and oxygen atoms in total. The van der Waals surface area contributed by atoms with Gasteiger partial charge < -0.3 is 4.98 Å². The highest BCUT2D eigenvalue weighted by Gasteiger charge is 2.09. The summed E-state index contributed by atoms with van der Waals surface area (Å²) in [4.78, 5) is 2.98. The lowest BCUT2D eigenvalue weighted by Crippen LogP contribution is -2.28. The fraction of sp³-hybridized carbons (Fsp3) is 0.385. The molecule has 0 bridgehead atoms. The Morgan fingerprint density at radius 1 is 1.37 bits per heavy atom. The van der Waals surface area contributed by atoms with Crippen LogP contribution in [0.1, 0.15) is 18.9 Å². The molecule has 0 spiro atoms. The van der Waals surface area contributed by atoms with Gasteiger partial charge in [-0.25, -0.2) is 17.5 Å². The van der Waals surface area contributed by atoms with E-state index in [1.165, 1.54) is 12.1 Å². The van der Waals surface area contributed by atoms with Crippen molar-refractivity contribution in [2.75, 3.05) is 12.3 Å². The first-order valence-electron chi connectivity index (χ1n) is 6.24. The van der Waals surface area contributed by atoms with Crippen molar-refractivity contribution in [1.29, 1.82) is 0 Å². The molecule has 1 aromatic heterocycles. The number of halogens is 1. The van der Waals surface area contributed by atoms with E-state index >= 15 is 0 Å². The second-order valence-electron chi connectivity index (χ2n) is 4.47. The standard InChI is InChI=1S/C13H17FN2O2S/c1-2-7-19(17,18)16-6-5-10-9-15-13-8-11(14)3-4-12(10)13/h3-4,8-9,15-16H,2,5-7H2,1H3. The quantitative estimate of drug-likeness (QED) is 0.854. The van der Waals surface area contributed by atoms with Gasteiger partial charge in [-0.1, -0.05) is 6.92 Å². The molecule has 0 amide bonds. The Balaban J connectivity index is 2.03. The summed E-state index contributed by atoms with van der Waals surface area (Å²) < 4.78 is 38.6. The van der Waals surface area contributed by atoms with E-state index in [0.717, 1.165) is 16.5 Å². The van der Waals surface area contributed by atoms with Crippen molar-refractivity contribution in [2.24, 2.45) is 0 Å². The van der Waals surface area contributed by atoms with Crippen LogP contribution in [0.3, 0.4) is 0 Å². The van der Waals surface area contributed by atoms with Crippen molar-refractivity contribution in [2.45, 2.75) is 19.8 Å². The van der Waals surface area contributed by atoms with Gasteiger partial charge in [-0.05, 0) is 36.6 Å². The summed E-state index contributed by atoms with van der Waals surface area (Å²) in [5.74, 6) is -0.143. The first kappa shape index (κ1) is 14.0. The van der Waals surface area contributed by atoms with Crippen molar-refractivity contribution in [3.8, 4) is 0 Å². The van der Waals surface area contributed by atoms with Gasteiger partial charge in [0.05, 0.1) is 5.75 Å². The lowest BCUT2D eigenvalue weighted by molar-refractivity contribution is 0.580. The van der Waals surface area contributed by atoms with E-state index in [0.29, 0.717) is 19.4 Å². The van der Waals surface area contributed by atoms with Crippen molar-refractivity contribution < 1.29 is 12.8 Å². The van der Waals surface area contributed by atoms with Gasteiger partial charge in [-0.15, -0.1) is 0 Å². The van der Waals surface area contributed by atoms with Crippen LogP contribution < -0.4 is 4.72 Å². The van der Waals surface area contributed by atoms with E-state index < -0.39 is 10.0 Å². The first-order chi connectivity index (χ1) is 9.02. The minimum Gasteiger partial charge on any atom is -0.361 e. The zero-order valence-corrected chi connectivity index (χ0v) is 11.6. The topological polar surface area (TPSA) is 62.0 Å². The summed E-state index contributed by atoms with van der Waals surface area (Å²) in [7, 11) is -3.17. The second kappa shape index (κ2) is 5.71. The molecule has 0 atom stereocenters. The fourth-order valence-corrected chi connectivity index (χ4v) is 3.14. The van der Waals surface area contributed by atoms with Gasteiger partial charge in [-0.3, -0.25) is 0 Å². The molecular weight excluding hydrogens is 267 g/mol. The number of benzene rings is 1. The summed E-state index contributed by atoms with van der Waals surface area (Å²) in [6, 6.07) is 4.54. The third-order valence-corrected chi connectivity index (χ3v) is 4.51. The zero-order chi connectivity index (χ0) is 13.9. The normalized spacial score (nSPS) is 12.1. The summed E-state index contributed by atoms with van der Waals surface area (Å²) in [6.45, 7) is 2.18. The number of aromatic nitrogens is 1. The smallest absolute Gasteiger partial charge is 0.211 e. The van der Waals surface area contributed by atoms with Gasteiger partial charge in [0, 0.05) is 23.6 Å². The number of hydrogen-bond donors (Lipinski definition) is 2. The molecule has 0 saturated carbocycles. The largest absolute Gasteiger partial charge is 0.361 e. The third-order valence-electron chi connectivity index (χ3n) is 2.92. The molecule has 19 heavy (non-hydrogen) atoms. The number of fused-ring (bicyclic) bond motifs is 1. The SMILES string of the molecule is CCCS(=O)(=O)NCCc1c[nH]c2cc(F)ccc12. The van der Waals surface area contributed by atoms with Crippen LogP contribution in [0.4, 0.5) is 4.39 Å². The Kier molecular flexibility index (Phi) is 4.21. The predicted molar refractivity (Wildman–Crippen MR) is 74.0 cm³/mol. The van der Waals surface area contributed by atoms with E-state index in [-0.39, 0.29) is 11.6 Å². The van der Waals surface area contributed by atoms with Crippen LogP contribution in [0.5, 0.6) is 0 Å². The Hall–Kier alpha value is -1.40. The van der Waals surface area contributed by atoms with Crippen molar-refractivity contribution in [1.82, 2.24) is 9.71 Å². The first-order valence-corrected chi connectivity index (χ1v) is 7.90. The van der Waals surface area contributed by atoms with E-state index in [2.05, 4.69) is 9.71 Å². The maximum atomic E-state index is 13.0. The van der Waals surface area contributed by atoms with Gasteiger partial charge in [0.1, 0.15) is 5.82 Å². The monoisotopic (exact) mass is 284 g/mol. The lowest BCUT2D eigenvalue weighted by atomic mass is 10.1. The average Bonchev–Trinajstić information content (AvgIpc) is 2.71. The minimum atomic E-state index is -3.17. The number of nitrogens with one attached hydrogen (secondary N) is 2. The predicted octanol–water partition coefficient (Wildman–Crippen LogP) is 2.18. The molecule has 0 aliphatic rings. The molecule has 0 radical (unpaired) electrons. The van der Waals surface area contributed by atoms with Crippen molar-refractivity contribution in [3.63, 3.8) is 0 Å². The molecule has 0 aliphatic carbocycles. The number of rotatable bonds is 6. The van der Waals surface area contributed by atoms with Crippen molar-refractivity contribution in [3.05, 3.63) is 35.8 Å². The zero-order valence-electron chi connectivity index (χ0n) is 10.7. The molecule has 0 fully saturated rings. The highest BCUT2D eigenvalue weighted by atomic mass is 32.2. The Morgan fingerprint density at radius 2 is 2.16 bits per heavy atom. The van der Waals surface area contributed by atoms with Crippen LogP contribution in [-0.2, 0) is 16.4 Å². The molecular formula is C13H17FN2O2S. The third kappa shape index (κ3) is 3.54. The average molecular weight is 284 g/mol. The molecule has 2 aromatic rings. The second-order valence-corrected chi connectivity index (χ2v) is 6.39. The van der Waals surface area contributed by atoms with E-state index in [1.807, 2.05) is 6.92 Å². The molecule has 2 rings (SSSR count). The van der Waals surface area contributed by atoms with E-state index in [4.69, 9.17) is 0 Å². The molecule has 6 heteroatoms. The van der Waals surface area contributed by atoms with Gasteiger partial charge in [-0.2, -0.15) is 0 Å². The van der Waals surface area contributed by atoms with Crippen LogP contribution in [-0.4, -0.2) is 25.7 Å².